The molecule has 0 amide bonds. The molecule has 130 valence electrons. The molecule has 3 aromatic rings. The molecular formula is C18H21FN5S+. The van der Waals surface area contributed by atoms with Crippen molar-refractivity contribution in [1.82, 2.24) is 19.8 Å². The van der Waals surface area contributed by atoms with Gasteiger partial charge >= 0.3 is 0 Å². The van der Waals surface area contributed by atoms with Crippen LogP contribution in [0.4, 0.5) is 4.39 Å². The van der Waals surface area contributed by atoms with Crippen LogP contribution in [0.3, 0.4) is 0 Å². The number of quaternary nitrogens is 1. The van der Waals surface area contributed by atoms with Gasteiger partial charge in [-0.3, -0.25) is 0 Å². The van der Waals surface area contributed by atoms with Gasteiger partial charge in [-0.05, 0) is 65.8 Å². The molecule has 2 aromatic carbocycles. The summed E-state index contributed by atoms with van der Waals surface area (Å²) in [5.74, 6) is -0.220. The van der Waals surface area contributed by atoms with Crippen LogP contribution in [-0.4, -0.2) is 26.8 Å². The van der Waals surface area contributed by atoms with Gasteiger partial charge in [0.2, 0.25) is 4.77 Å². The topological polar surface area (TPSA) is 40.1 Å². The van der Waals surface area contributed by atoms with Crippen molar-refractivity contribution >= 4 is 12.2 Å². The number of hydrogen-bond acceptors (Lipinski definition) is 3. The first-order valence-corrected chi connectivity index (χ1v) is 8.51. The maximum absolute atomic E-state index is 13.3. The molecule has 0 bridgehead atoms. The zero-order chi connectivity index (χ0) is 18.0. The monoisotopic (exact) mass is 358 g/mol. The SMILES string of the molecule is Cc1cccc(-n2nnn(C[NH+](C)Cc3cccc(F)c3)c2=S)c1C. The lowest BCUT2D eigenvalue weighted by molar-refractivity contribution is -0.917. The molecule has 0 aliphatic carbocycles. The maximum Gasteiger partial charge on any atom is 0.225 e. The van der Waals surface area contributed by atoms with Crippen molar-refractivity contribution < 1.29 is 9.29 Å². The molecule has 3 rings (SSSR count). The molecule has 1 N–H and O–H groups in total. The standard InChI is InChI=1S/C18H20FN5S/c1-13-6-4-9-17(14(13)2)24-18(25)23(20-21-24)12-22(3)11-15-7-5-8-16(19)10-15/h4-10H,11-12H2,1-3H3/p+1. The Morgan fingerprint density at radius 3 is 2.64 bits per heavy atom. The maximum atomic E-state index is 13.3. The van der Waals surface area contributed by atoms with Crippen molar-refractivity contribution in [3.8, 4) is 5.69 Å². The number of rotatable bonds is 5. The van der Waals surface area contributed by atoms with Gasteiger partial charge in [-0.15, -0.1) is 0 Å². The molecule has 5 nitrogen and oxygen atoms in total. The van der Waals surface area contributed by atoms with Crippen molar-refractivity contribution in [1.29, 1.82) is 0 Å². The zero-order valence-electron chi connectivity index (χ0n) is 14.5. The Bertz CT molecular complexity index is 947. The minimum atomic E-state index is -0.220. The second-order valence-corrected chi connectivity index (χ2v) is 6.68. The molecule has 0 saturated heterocycles. The third-order valence-corrected chi connectivity index (χ3v) is 4.64. The number of halogens is 1. The number of hydrogen-bond donors (Lipinski definition) is 1. The number of aryl methyl sites for hydroxylation is 1. The van der Waals surface area contributed by atoms with Crippen molar-refractivity contribution in [3.05, 3.63) is 69.7 Å². The van der Waals surface area contributed by atoms with Crippen LogP contribution in [0.1, 0.15) is 16.7 Å². The van der Waals surface area contributed by atoms with Gasteiger partial charge in [0.25, 0.3) is 0 Å². The molecule has 0 saturated carbocycles. The third kappa shape index (κ3) is 3.83. The molecule has 0 aliphatic heterocycles. The van der Waals surface area contributed by atoms with E-state index in [0.29, 0.717) is 18.0 Å². The molecule has 0 spiro atoms. The lowest BCUT2D eigenvalue weighted by Gasteiger charge is -2.13. The highest BCUT2D eigenvalue weighted by Crippen LogP contribution is 2.16. The number of aromatic nitrogens is 4. The van der Waals surface area contributed by atoms with E-state index in [9.17, 15) is 4.39 Å². The number of tetrazole rings is 1. The van der Waals surface area contributed by atoms with Crippen LogP contribution < -0.4 is 4.90 Å². The molecule has 1 aromatic heterocycles. The van der Waals surface area contributed by atoms with Crippen LogP contribution in [0.25, 0.3) is 5.69 Å². The Morgan fingerprint density at radius 2 is 1.88 bits per heavy atom. The average Bonchev–Trinajstić information content (AvgIpc) is 2.91. The van der Waals surface area contributed by atoms with E-state index in [1.807, 2.05) is 32.2 Å². The quantitative estimate of drug-likeness (QED) is 0.711. The average molecular weight is 358 g/mol. The summed E-state index contributed by atoms with van der Waals surface area (Å²) in [6, 6.07) is 12.7. The molecule has 0 fully saturated rings. The summed E-state index contributed by atoms with van der Waals surface area (Å²) in [6.07, 6.45) is 0. The summed E-state index contributed by atoms with van der Waals surface area (Å²) in [5.41, 5.74) is 4.19. The van der Waals surface area contributed by atoms with Gasteiger partial charge in [0.05, 0.1) is 12.7 Å². The van der Waals surface area contributed by atoms with E-state index in [0.717, 1.165) is 21.7 Å². The smallest absolute Gasteiger partial charge is 0.225 e. The van der Waals surface area contributed by atoms with Gasteiger partial charge in [0.15, 0.2) is 6.67 Å². The molecule has 1 atom stereocenters. The summed E-state index contributed by atoms with van der Waals surface area (Å²) in [6.45, 7) is 5.34. The van der Waals surface area contributed by atoms with Crippen LogP contribution in [0, 0.1) is 24.4 Å². The zero-order valence-corrected chi connectivity index (χ0v) is 15.3. The minimum Gasteiger partial charge on any atom is -0.315 e. The highest BCUT2D eigenvalue weighted by molar-refractivity contribution is 7.71. The normalized spacial score (nSPS) is 12.3. The van der Waals surface area contributed by atoms with E-state index in [4.69, 9.17) is 12.2 Å². The van der Waals surface area contributed by atoms with E-state index < -0.39 is 0 Å². The highest BCUT2D eigenvalue weighted by atomic mass is 32.1. The van der Waals surface area contributed by atoms with Gasteiger partial charge in [-0.1, -0.05) is 24.3 Å². The summed E-state index contributed by atoms with van der Waals surface area (Å²) >= 11 is 5.54. The first kappa shape index (κ1) is 17.4. The molecule has 25 heavy (non-hydrogen) atoms. The first-order valence-electron chi connectivity index (χ1n) is 8.11. The van der Waals surface area contributed by atoms with Crippen LogP contribution >= 0.6 is 12.2 Å². The Labute approximate surface area is 151 Å². The fourth-order valence-electron chi connectivity index (χ4n) is 2.80. The van der Waals surface area contributed by atoms with Gasteiger partial charge < -0.3 is 4.90 Å². The number of nitrogens with one attached hydrogen (secondary N) is 1. The number of nitrogens with zero attached hydrogens (tertiary/aromatic N) is 4. The van der Waals surface area contributed by atoms with Crippen LogP contribution in [-0.2, 0) is 13.2 Å². The van der Waals surface area contributed by atoms with Gasteiger partial charge in [-0.25, -0.2) is 4.39 Å². The van der Waals surface area contributed by atoms with Crippen LogP contribution in [0.15, 0.2) is 42.5 Å². The van der Waals surface area contributed by atoms with Gasteiger partial charge in [0, 0.05) is 5.56 Å². The molecule has 1 unspecified atom stereocenters. The van der Waals surface area contributed by atoms with Crippen molar-refractivity contribution in [2.45, 2.75) is 27.1 Å². The number of benzene rings is 2. The van der Waals surface area contributed by atoms with Gasteiger partial charge in [0.1, 0.15) is 12.4 Å². The molecule has 1 heterocycles. The lowest BCUT2D eigenvalue weighted by Crippen LogP contribution is -3.07. The summed E-state index contributed by atoms with van der Waals surface area (Å²) < 4.78 is 17.2. The molecular weight excluding hydrogens is 337 g/mol. The summed E-state index contributed by atoms with van der Waals surface area (Å²) in [5, 5.41) is 8.41. The van der Waals surface area contributed by atoms with E-state index in [1.54, 1.807) is 21.5 Å². The summed E-state index contributed by atoms with van der Waals surface area (Å²) in [7, 11) is 2.02. The fraction of sp³-hybridized carbons (Fsp3) is 0.278. The molecule has 0 radical (unpaired) electrons. The second kappa shape index (κ2) is 7.25. The van der Waals surface area contributed by atoms with Crippen LogP contribution in [0.5, 0.6) is 0 Å². The fourth-order valence-corrected chi connectivity index (χ4v) is 3.03. The molecule has 7 heteroatoms. The Morgan fingerprint density at radius 1 is 1.12 bits per heavy atom. The second-order valence-electron chi connectivity index (χ2n) is 6.31. The van der Waals surface area contributed by atoms with E-state index in [2.05, 4.69) is 23.4 Å². The lowest BCUT2D eigenvalue weighted by atomic mass is 10.1. The van der Waals surface area contributed by atoms with E-state index in [-0.39, 0.29) is 5.82 Å². The van der Waals surface area contributed by atoms with Crippen LogP contribution in [0.2, 0.25) is 0 Å². The predicted molar refractivity (Wildman–Crippen MR) is 96.6 cm³/mol. The Balaban J connectivity index is 1.79. The summed E-state index contributed by atoms with van der Waals surface area (Å²) in [4.78, 5) is 1.13. The van der Waals surface area contributed by atoms with Crippen molar-refractivity contribution in [2.24, 2.45) is 0 Å². The minimum absolute atomic E-state index is 0.220. The van der Waals surface area contributed by atoms with E-state index in [1.165, 1.54) is 11.6 Å². The third-order valence-electron chi connectivity index (χ3n) is 4.26. The van der Waals surface area contributed by atoms with Crippen molar-refractivity contribution in [2.75, 3.05) is 7.05 Å². The Hall–Kier alpha value is -2.38. The Kier molecular flexibility index (Phi) is 5.06. The van der Waals surface area contributed by atoms with Gasteiger partial charge in [-0.2, -0.15) is 9.36 Å². The first-order chi connectivity index (χ1) is 12.0. The highest BCUT2D eigenvalue weighted by Gasteiger charge is 2.12. The molecule has 0 aliphatic rings. The van der Waals surface area contributed by atoms with E-state index >= 15 is 0 Å². The largest absolute Gasteiger partial charge is 0.315 e. The predicted octanol–water partition coefficient (Wildman–Crippen LogP) is 2.23. The van der Waals surface area contributed by atoms with Crippen molar-refractivity contribution in [3.63, 3.8) is 0 Å².